The molecular weight excluding hydrogens is 344 g/mol. The summed E-state index contributed by atoms with van der Waals surface area (Å²) in [7, 11) is 1.81. The van der Waals surface area contributed by atoms with Gasteiger partial charge in [-0.15, -0.1) is 0 Å². The Labute approximate surface area is 158 Å². The van der Waals surface area contributed by atoms with E-state index in [1.807, 2.05) is 25.2 Å². The largest absolute Gasteiger partial charge is 0.381 e. The van der Waals surface area contributed by atoms with Crippen molar-refractivity contribution in [3.63, 3.8) is 0 Å². The van der Waals surface area contributed by atoms with Crippen LogP contribution < -0.4 is 10.6 Å². The smallest absolute Gasteiger partial charge is 0.256 e. The molecule has 0 bridgehead atoms. The summed E-state index contributed by atoms with van der Waals surface area (Å²) >= 11 is 0. The van der Waals surface area contributed by atoms with Gasteiger partial charge in [0, 0.05) is 37.7 Å². The number of rotatable bonds is 6. The molecule has 142 valence electrons. The third-order valence-corrected chi connectivity index (χ3v) is 4.59. The Kier molecular flexibility index (Phi) is 6.03. The van der Waals surface area contributed by atoms with Gasteiger partial charge in [-0.1, -0.05) is 18.7 Å². The average Bonchev–Trinajstić information content (AvgIpc) is 3.07. The normalized spacial score (nSPS) is 16.6. The van der Waals surface area contributed by atoms with Crippen molar-refractivity contribution in [3.8, 4) is 0 Å². The molecule has 3 rings (SSSR count). The fourth-order valence-corrected chi connectivity index (χ4v) is 3.00. The number of carbonyl (C=O) groups excluding carboxylic acids is 2. The van der Waals surface area contributed by atoms with Gasteiger partial charge in [-0.05, 0) is 36.6 Å². The van der Waals surface area contributed by atoms with E-state index in [4.69, 9.17) is 4.74 Å². The molecule has 0 saturated carbocycles. The summed E-state index contributed by atoms with van der Waals surface area (Å²) in [6.07, 6.45) is 3.31. The van der Waals surface area contributed by atoms with Crippen LogP contribution in [0.1, 0.15) is 40.4 Å². The molecule has 1 saturated heterocycles. The van der Waals surface area contributed by atoms with E-state index in [0.29, 0.717) is 24.5 Å². The van der Waals surface area contributed by atoms with Gasteiger partial charge in [0.05, 0.1) is 12.3 Å². The van der Waals surface area contributed by atoms with Gasteiger partial charge in [0.25, 0.3) is 5.91 Å². The Bertz CT molecular complexity index is 820. The lowest BCUT2D eigenvalue weighted by Gasteiger charge is -2.19. The zero-order valence-corrected chi connectivity index (χ0v) is 15.4. The van der Waals surface area contributed by atoms with Gasteiger partial charge in [-0.3, -0.25) is 14.3 Å². The van der Waals surface area contributed by atoms with E-state index in [2.05, 4.69) is 22.3 Å². The highest BCUT2D eigenvalue weighted by atomic mass is 16.5. The van der Waals surface area contributed by atoms with Crippen molar-refractivity contribution < 1.29 is 14.3 Å². The minimum absolute atomic E-state index is 0.203. The highest BCUT2D eigenvalue weighted by Gasteiger charge is 2.20. The minimum atomic E-state index is -0.229. The van der Waals surface area contributed by atoms with Gasteiger partial charge in [0.2, 0.25) is 5.91 Å². The number of hydrogen-bond donors (Lipinski definition) is 2. The first-order valence-electron chi connectivity index (χ1n) is 8.99. The molecule has 2 aromatic rings. The lowest BCUT2D eigenvalue weighted by Crippen LogP contribution is -2.20. The van der Waals surface area contributed by atoms with Crippen LogP contribution in [0.2, 0.25) is 0 Å². The van der Waals surface area contributed by atoms with E-state index in [1.165, 1.54) is 6.08 Å². The Morgan fingerprint density at radius 2 is 2.15 bits per heavy atom. The van der Waals surface area contributed by atoms with Crippen LogP contribution in [0, 0.1) is 0 Å². The summed E-state index contributed by atoms with van der Waals surface area (Å²) in [5.41, 5.74) is 2.39. The molecule has 1 unspecified atom stereocenters. The summed E-state index contributed by atoms with van der Waals surface area (Å²) in [5, 5.41) is 10.1. The molecule has 1 aliphatic heterocycles. The number of aryl methyl sites for hydroxylation is 1. The zero-order chi connectivity index (χ0) is 19.2. The molecule has 1 aromatic carbocycles. The van der Waals surface area contributed by atoms with Gasteiger partial charge in [-0.2, -0.15) is 5.10 Å². The third kappa shape index (κ3) is 4.83. The van der Waals surface area contributed by atoms with Crippen molar-refractivity contribution >= 4 is 17.6 Å². The van der Waals surface area contributed by atoms with Gasteiger partial charge < -0.3 is 15.4 Å². The average molecular weight is 368 g/mol. The fraction of sp³-hybridized carbons (Fsp3) is 0.350. The number of carbonyl (C=O) groups is 2. The van der Waals surface area contributed by atoms with E-state index in [9.17, 15) is 9.59 Å². The van der Waals surface area contributed by atoms with Crippen molar-refractivity contribution in [1.29, 1.82) is 0 Å². The maximum Gasteiger partial charge on any atom is 0.256 e. The maximum atomic E-state index is 12.5. The number of aromatic nitrogens is 2. The van der Waals surface area contributed by atoms with Crippen LogP contribution in [-0.2, 0) is 23.1 Å². The molecule has 1 aliphatic rings. The molecule has 1 atom stereocenters. The first-order chi connectivity index (χ1) is 13.1. The molecule has 1 fully saturated rings. The quantitative estimate of drug-likeness (QED) is 0.767. The van der Waals surface area contributed by atoms with Crippen LogP contribution in [0.4, 0.5) is 5.82 Å². The van der Waals surface area contributed by atoms with Crippen molar-refractivity contribution in [2.24, 2.45) is 7.05 Å². The molecule has 0 spiro atoms. The monoisotopic (exact) mass is 368 g/mol. The third-order valence-electron chi connectivity index (χ3n) is 4.59. The zero-order valence-electron chi connectivity index (χ0n) is 15.4. The first kappa shape index (κ1) is 18.8. The van der Waals surface area contributed by atoms with Crippen LogP contribution in [0.15, 0.2) is 43.0 Å². The molecule has 1 aromatic heterocycles. The van der Waals surface area contributed by atoms with E-state index < -0.39 is 0 Å². The van der Waals surface area contributed by atoms with Gasteiger partial charge in [0.1, 0.15) is 5.82 Å². The van der Waals surface area contributed by atoms with Crippen molar-refractivity contribution in [2.75, 3.05) is 18.5 Å². The Hall–Kier alpha value is -2.93. The SMILES string of the molecule is C=CC(=O)NCc1ccc(C(=O)Nc2cc(C3CCCOC3)nn2C)cc1. The molecule has 2 heterocycles. The second-order valence-electron chi connectivity index (χ2n) is 6.57. The maximum absolute atomic E-state index is 12.5. The number of hydrogen-bond acceptors (Lipinski definition) is 4. The Morgan fingerprint density at radius 1 is 1.37 bits per heavy atom. The van der Waals surface area contributed by atoms with Crippen molar-refractivity contribution in [2.45, 2.75) is 25.3 Å². The van der Waals surface area contributed by atoms with E-state index in [0.717, 1.165) is 30.7 Å². The van der Waals surface area contributed by atoms with Crippen LogP contribution in [0.3, 0.4) is 0 Å². The van der Waals surface area contributed by atoms with Gasteiger partial charge in [-0.25, -0.2) is 0 Å². The summed E-state index contributed by atoms with van der Waals surface area (Å²) in [6, 6.07) is 9.00. The number of amides is 2. The van der Waals surface area contributed by atoms with Crippen molar-refractivity contribution in [1.82, 2.24) is 15.1 Å². The van der Waals surface area contributed by atoms with E-state index in [1.54, 1.807) is 16.8 Å². The second kappa shape index (κ2) is 8.64. The van der Waals surface area contributed by atoms with Gasteiger partial charge >= 0.3 is 0 Å². The molecule has 27 heavy (non-hydrogen) atoms. The van der Waals surface area contributed by atoms with Crippen LogP contribution in [0.5, 0.6) is 0 Å². The van der Waals surface area contributed by atoms with E-state index in [-0.39, 0.29) is 17.7 Å². The summed E-state index contributed by atoms with van der Waals surface area (Å²) in [5.74, 6) is 0.502. The topological polar surface area (TPSA) is 85.2 Å². The summed E-state index contributed by atoms with van der Waals surface area (Å²) in [6.45, 7) is 5.28. The summed E-state index contributed by atoms with van der Waals surface area (Å²) < 4.78 is 7.20. The van der Waals surface area contributed by atoms with Crippen molar-refractivity contribution in [3.05, 3.63) is 59.8 Å². The van der Waals surface area contributed by atoms with E-state index >= 15 is 0 Å². The van der Waals surface area contributed by atoms with Crippen LogP contribution in [-0.4, -0.2) is 34.8 Å². The number of nitrogens with zero attached hydrogens (tertiary/aromatic N) is 2. The minimum Gasteiger partial charge on any atom is -0.381 e. The molecule has 7 heteroatoms. The number of benzene rings is 1. The number of anilines is 1. The predicted molar refractivity (Wildman–Crippen MR) is 102 cm³/mol. The first-order valence-corrected chi connectivity index (χ1v) is 8.99. The fourth-order valence-electron chi connectivity index (χ4n) is 3.00. The number of ether oxygens (including phenoxy) is 1. The van der Waals surface area contributed by atoms with Crippen LogP contribution >= 0.6 is 0 Å². The Morgan fingerprint density at radius 3 is 2.81 bits per heavy atom. The molecule has 2 amide bonds. The molecule has 2 N–H and O–H groups in total. The highest BCUT2D eigenvalue weighted by molar-refractivity contribution is 6.03. The second-order valence-corrected chi connectivity index (χ2v) is 6.57. The highest BCUT2D eigenvalue weighted by Crippen LogP contribution is 2.26. The number of nitrogens with one attached hydrogen (secondary N) is 2. The molecular formula is C20H24N4O3. The van der Waals surface area contributed by atoms with Gasteiger partial charge in [0.15, 0.2) is 0 Å². The van der Waals surface area contributed by atoms with Crippen LogP contribution in [0.25, 0.3) is 0 Å². The standard InChI is InChI=1S/C20H24N4O3/c1-3-19(25)21-12-14-6-8-15(9-7-14)20(26)22-18-11-17(23-24(18)2)16-5-4-10-27-13-16/h3,6-9,11,16H,1,4-5,10,12-13H2,2H3,(H,21,25)(H,22,26). The summed E-state index contributed by atoms with van der Waals surface area (Å²) in [4.78, 5) is 23.7. The molecule has 0 radical (unpaired) electrons. The lowest BCUT2D eigenvalue weighted by atomic mass is 9.99. The molecule has 0 aliphatic carbocycles. The Balaban J connectivity index is 1.62. The molecule has 7 nitrogen and oxygen atoms in total. The lowest BCUT2D eigenvalue weighted by molar-refractivity contribution is -0.116. The predicted octanol–water partition coefficient (Wildman–Crippen LogP) is 2.37.